The van der Waals surface area contributed by atoms with Gasteiger partial charge in [-0.25, -0.2) is 22.6 Å². The van der Waals surface area contributed by atoms with Gasteiger partial charge in [0.15, 0.2) is 0 Å². The number of methoxy groups -OCH3 is 1. The second kappa shape index (κ2) is 6.40. The minimum atomic E-state index is -3.95. The molecule has 0 aliphatic carbocycles. The second-order valence-corrected chi connectivity index (χ2v) is 6.88. The zero-order valence-corrected chi connectivity index (χ0v) is 13.9. The molecular weight excluding hydrogens is 348 g/mol. The van der Waals surface area contributed by atoms with E-state index in [9.17, 15) is 13.2 Å². The maximum atomic E-state index is 11.6. The lowest BCUT2D eigenvalue weighted by Crippen LogP contribution is -2.29. The molecule has 25 heavy (non-hydrogen) atoms. The van der Waals surface area contributed by atoms with Crippen molar-refractivity contribution < 1.29 is 23.1 Å². The number of ether oxygens (including phenoxy) is 1. The number of para-hydroxylation sites is 1. The molecule has 2 N–H and O–H groups in total. The van der Waals surface area contributed by atoms with E-state index < -0.39 is 21.9 Å². The van der Waals surface area contributed by atoms with Crippen molar-refractivity contribution >= 4 is 27.1 Å². The van der Waals surface area contributed by atoms with Crippen molar-refractivity contribution in [3.63, 3.8) is 0 Å². The third kappa shape index (κ3) is 3.53. The lowest BCUT2D eigenvalue weighted by molar-refractivity contribution is 0.201. The van der Waals surface area contributed by atoms with E-state index in [-0.39, 0.29) is 0 Å². The Labute approximate surface area is 142 Å². The number of hydrogen-bond donors (Lipinski definition) is 2. The maximum absolute atomic E-state index is 11.6. The molecule has 2 aromatic carbocycles. The van der Waals surface area contributed by atoms with Gasteiger partial charge in [0, 0.05) is 0 Å². The number of hydrogen-bond acceptors (Lipinski definition) is 6. The molecule has 10 heteroatoms. The number of benzene rings is 2. The average molecular weight is 362 g/mol. The maximum Gasteiger partial charge on any atom is 0.418 e. The second-order valence-electron chi connectivity index (χ2n) is 5.16. The zero-order chi connectivity index (χ0) is 18.0. The summed E-state index contributed by atoms with van der Waals surface area (Å²) in [5.41, 5.74) is 2.46. The summed E-state index contributed by atoms with van der Waals surface area (Å²) in [6.45, 7) is 0. The number of carboxylic acid groups (broad SMARTS) is 1. The highest BCUT2D eigenvalue weighted by molar-refractivity contribution is 7.89. The molecule has 0 saturated heterocycles. The zero-order valence-electron chi connectivity index (χ0n) is 13.1. The highest BCUT2D eigenvalue weighted by Crippen LogP contribution is 2.26. The molecule has 0 aliphatic rings. The fourth-order valence-electron chi connectivity index (χ4n) is 2.41. The average Bonchev–Trinajstić information content (AvgIpc) is 2.98. The van der Waals surface area contributed by atoms with Gasteiger partial charge in [-0.05, 0) is 29.8 Å². The molecule has 0 unspecified atom stereocenters. The fraction of sp³-hybridized carbons (Fsp3) is 0.133. The van der Waals surface area contributed by atoms with Crippen molar-refractivity contribution in [1.29, 1.82) is 0 Å². The van der Waals surface area contributed by atoms with Crippen molar-refractivity contribution in [1.82, 2.24) is 19.7 Å². The number of fused-ring (bicyclic) bond motifs is 1. The Kier molecular flexibility index (Phi) is 4.28. The van der Waals surface area contributed by atoms with E-state index in [1.807, 2.05) is 6.07 Å². The molecule has 0 bridgehead atoms. The Hall–Kier alpha value is -3.14. The van der Waals surface area contributed by atoms with Gasteiger partial charge >= 0.3 is 6.09 Å². The number of nitrogens with zero attached hydrogens (tertiary/aromatic N) is 3. The predicted octanol–water partition coefficient (Wildman–Crippen LogP) is 1.53. The third-order valence-corrected chi connectivity index (χ3v) is 4.63. The third-order valence-electron chi connectivity index (χ3n) is 3.43. The first kappa shape index (κ1) is 16.7. The summed E-state index contributed by atoms with van der Waals surface area (Å²) in [7, 11) is -2.40. The van der Waals surface area contributed by atoms with E-state index in [1.165, 1.54) is 4.72 Å². The van der Waals surface area contributed by atoms with Crippen LogP contribution in [0.1, 0.15) is 5.56 Å². The molecule has 1 amide bonds. The Morgan fingerprint density at radius 3 is 2.60 bits per heavy atom. The van der Waals surface area contributed by atoms with Crippen molar-refractivity contribution in [3.05, 3.63) is 48.0 Å². The van der Waals surface area contributed by atoms with E-state index in [1.54, 1.807) is 48.2 Å². The van der Waals surface area contributed by atoms with E-state index >= 15 is 0 Å². The normalized spacial score (nSPS) is 11.4. The largest absolute Gasteiger partial charge is 0.494 e. The van der Waals surface area contributed by atoms with Crippen LogP contribution in [0.3, 0.4) is 0 Å². The molecule has 1 aromatic heterocycles. The lowest BCUT2D eigenvalue weighted by atomic mass is 10.2. The van der Waals surface area contributed by atoms with E-state index in [0.29, 0.717) is 28.0 Å². The Morgan fingerprint density at radius 1 is 1.24 bits per heavy atom. The first-order valence-corrected chi connectivity index (χ1v) is 8.76. The molecule has 130 valence electrons. The van der Waals surface area contributed by atoms with Crippen molar-refractivity contribution in [2.75, 3.05) is 7.11 Å². The molecule has 3 rings (SSSR count). The van der Waals surface area contributed by atoms with Crippen molar-refractivity contribution in [2.24, 2.45) is 0 Å². The summed E-state index contributed by atoms with van der Waals surface area (Å²) in [6, 6.07) is 11.9. The molecule has 1 heterocycles. The van der Waals surface area contributed by atoms with Crippen molar-refractivity contribution in [2.45, 2.75) is 5.75 Å². The van der Waals surface area contributed by atoms with Gasteiger partial charge in [-0.2, -0.15) is 0 Å². The monoisotopic (exact) mass is 362 g/mol. The van der Waals surface area contributed by atoms with Gasteiger partial charge in [0.2, 0.25) is 10.0 Å². The molecule has 9 nitrogen and oxygen atoms in total. The molecular formula is C15H14N4O5S. The Bertz CT molecular complexity index is 1030. The van der Waals surface area contributed by atoms with Gasteiger partial charge in [0.25, 0.3) is 0 Å². The van der Waals surface area contributed by atoms with Crippen molar-refractivity contribution in [3.8, 4) is 11.4 Å². The summed E-state index contributed by atoms with van der Waals surface area (Å²) in [4.78, 5) is 10.5. The number of rotatable bonds is 5. The predicted molar refractivity (Wildman–Crippen MR) is 89.2 cm³/mol. The molecule has 0 atom stereocenters. The molecule has 0 fully saturated rings. The van der Waals surface area contributed by atoms with E-state index in [4.69, 9.17) is 9.84 Å². The van der Waals surface area contributed by atoms with Gasteiger partial charge in [0.05, 0.1) is 18.6 Å². The van der Waals surface area contributed by atoms with Gasteiger partial charge in [-0.1, -0.05) is 23.4 Å². The van der Waals surface area contributed by atoms with Gasteiger partial charge in [-0.15, -0.1) is 5.10 Å². The first-order valence-electron chi connectivity index (χ1n) is 7.11. The summed E-state index contributed by atoms with van der Waals surface area (Å²) >= 11 is 0. The molecule has 3 aromatic rings. The van der Waals surface area contributed by atoms with Crippen LogP contribution in [0.5, 0.6) is 5.75 Å². The van der Waals surface area contributed by atoms with Gasteiger partial charge < -0.3 is 9.84 Å². The van der Waals surface area contributed by atoms with Crippen LogP contribution >= 0.6 is 0 Å². The van der Waals surface area contributed by atoms with Crippen LogP contribution in [0.15, 0.2) is 42.5 Å². The minimum Gasteiger partial charge on any atom is -0.494 e. The standard InChI is InChI=1S/C15H14N4O5S/c1-24-13-4-2-3-12-14(13)19(18-16-12)11-7-5-10(6-8-11)9-25(22,23)17-15(20)21/h2-8,17H,9H2,1H3,(H,20,21). The number of sulfonamides is 1. The van der Waals surface area contributed by atoms with E-state index in [2.05, 4.69) is 10.3 Å². The summed E-state index contributed by atoms with van der Waals surface area (Å²) in [6.07, 6.45) is -1.61. The van der Waals surface area contributed by atoms with Crippen LogP contribution in [-0.2, 0) is 15.8 Å². The van der Waals surface area contributed by atoms with Gasteiger partial charge in [-0.3, -0.25) is 0 Å². The summed E-state index contributed by atoms with van der Waals surface area (Å²) in [5.74, 6) is 0.167. The number of aromatic nitrogens is 3. The first-order chi connectivity index (χ1) is 11.9. The molecule has 0 aliphatic heterocycles. The Balaban J connectivity index is 1.92. The van der Waals surface area contributed by atoms with Crippen LogP contribution in [0.25, 0.3) is 16.7 Å². The SMILES string of the molecule is COc1cccc2nnn(-c3ccc(CS(=O)(=O)NC(=O)O)cc3)c12. The fourth-order valence-corrected chi connectivity index (χ4v) is 3.38. The minimum absolute atomic E-state index is 0.439. The van der Waals surface area contributed by atoms with Crippen LogP contribution in [0.4, 0.5) is 4.79 Å². The smallest absolute Gasteiger partial charge is 0.418 e. The van der Waals surface area contributed by atoms with Crippen LogP contribution in [0, 0.1) is 0 Å². The van der Waals surface area contributed by atoms with E-state index in [0.717, 1.165) is 0 Å². The number of amides is 1. The summed E-state index contributed by atoms with van der Waals surface area (Å²) < 4.78 is 31.7. The van der Waals surface area contributed by atoms with Gasteiger partial charge in [0.1, 0.15) is 16.8 Å². The highest BCUT2D eigenvalue weighted by Gasteiger charge is 2.15. The lowest BCUT2D eigenvalue weighted by Gasteiger charge is -2.07. The quantitative estimate of drug-likeness (QED) is 0.705. The Morgan fingerprint density at radius 2 is 1.96 bits per heavy atom. The summed E-state index contributed by atoms with van der Waals surface area (Å²) in [5, 5.41) is 16.7. The molecule has 0 spiro atoms. The van der Waals surface area contributed by atoms with Crippen LogP contribution < -0.4 is 9.46 Å². The number of carbonyl (C=O) groups is 1. The topological polar surface area (TPSA) is 123 Å². The van der Waals surface area contributed by atoms with Crippen LogP contribution in [-0.4, -0.2) is 41.7 Å². The highest BCUT2D eigenvalue weighted by atomic mass is 32.2. The molecule has 0 radical (unpaired) electrons. The number of nitrogens with one attached hydrogen (secondary N) is 1. The van der Waals surface area contributed by atoms with Crippen LogP contribution in [0.2, 0.25) is 0 Å². The molecule has 0 saturated carbocycles.